The van der Waals surface area contributed by atoms with Crippen molar-refractivity contribution in [3.8, 4) is 44.5 Å². The second-order valence-electron chi connectivity index (χ2n) is 15.1. The van der Waals surface area contributed by atoms with Crippen molar-refractivity contribution in [1.29, 1.82) is 0 Å². The lowest BCUT2D eigenvalue weighted by atomic mass is 9.70. The van der Waals surface area contributed by atoms with Crippen LogP contribution in [-0.4, -0.2) is 0 Å². The molecule has 0 amide bonds. The Morgan fingerprint density at radius 3 is 1.58 bits per heavy atom. The molecule has 2 aliphatic rings. The van der Waals surface area contributed by atoms with Gasteiger partial charge in [-0.2, -0.15) is 0 Å². The Balaban J connectivity index is 1.18. The van der Waals surface area contributed by atoms with Crippen LogP contribution in [0.4, 0.5) is 17.1 Å². The minimum absolute atomic E-state index is 0.437. The van der Waals surface area contributed by atoms with Gasteiger partial charge in [-0.05, 0) is 104 Å². The molecular weight excluding hydrogens is 707 g/mol. The van der Waals surface area contributed by atoms with Crippen molar-refractivity contribution in [1.82, 2.24) is 0 Å². The first-order chi connectivity index (χ1) is 28.3. The standard InChI is InChI=1S/C55H35NS/c1-3-17-36(18-4-1)39-25-15-30-50(53(39)45-26-16-32-52-54(45)44-24-10-14-31-51(44)57-52)56(37-19-5-2-6-20-37)38-33-34-43-42-23-9-13-29-48(42)55(49(43)35-38)46-27-11-7-21-40(46)41-22-8-12-28-47(41)55/h1-35H. The van der Waals surface area contributed by atoms with Crippen LogP contribution in [-0.2, 0) is 5.41 Å². The normalized spacial score (nSPS) is 13.1. The number of thiophene rings is 1. The molecule has 1 nitrogen and oxygen atoms in total. The van der Waals surface area contributed by atoms with Gasteiger partial charge in [-0.3, -0.25) is 0 Å². The smallest absolute Gasteiger partial charge is 0.0726 e. The van der Waals surface area contributed by atoms with Crippen molar-refractivity contribution < 1.29 is 0 Å². The summed E-state index contributed by atoms with van der Waals surface area (Å²) < 4.78 is 2.60. The molecule has 1 heterocycles. The topological polar surface area (TPSA) is 3.24 Å². The van der Waals surface area contributed by atoms with Crippen molar-refractivity contribution in [2.24, 2.45) is 0 Å². The molecule has 0 atom stereocenters. The van der Waals surface area contributed by atoms with E-state index in [1.165, 1.54) is 86.9 Å². The van der Waals surface area contributed by atoms with Gasteiger partial charge in [0.15, 0.2) is 0 Å². The van der Waals surface area contributed by atoms with Gasteiger partial charge in [0, 0.05) is 37.1 Å². The third kappa shape index (κ3) is 4.56. The fraction of sp³-hybridized carbons (Fsp3) is 0.0182. The van der Waals surface area contributed by atoms with Crippen molar-refractivity contribution in [3.05, 3.63) is 235 Å². The van der Waals surface area contributed by atoms with Gasteiger partial charge in [-0.15, -0.1) is 11.3 Å². The molecule has 0 aliphatic heterocycles. The summed E-state index contributed by atoms with van der Waals surface area (Å²) in [6.07, 6.45) is 0. The quantitative estimate of drug-likeness (QED) is 0.170. The van der Waals surface area contributed by atoms with Crippen LogP contribution in [0.3, 0.4) is 0 Å². The summed E-state index contributed by atoms with van der Waals surface area (Å²) in [5.41, 5.74) is 18.4. The molecule has 0 fully saturated rings. The zero-order valence-corrected chi connectivity index (χ0v) is 31.9. The molecule has 2 aliphatic carbocycles. The van der Waals surface area contributed by atoms with Crippen LogP contribution in [0.5, 0.6) is 0 Å². The van der Waals surface area contributed by atoms with Crippen LogP contribution < -0.4 is 4.90 Å². The first kappa shape index (κ1) is 32.3. The lowest BCUT2D eigenvalue weighted by Gasteiger charge is -2.33. The Kier molecular flexibility index (Phi) is 7.08. The first-order valence-corrected chi connectivity index (χ1v) is 20.5. The second kappa shape index (κ2) is 12.5. The van der Waals surface area contributed by atoms with E-state index < -0.39 is 5.41 Å². The van der Waals surface area contributed by atoms with Gasteiger partial charge in [-0.1, -0.05) is 170 Å². The molecule has 1 spiro atoms. The van der Waals surface area contributed by atoms with Crippen molar-refractivity contribution in [2.45, 2.75) is 5.41 Å². The highest BCUT2D eigenvalue weighted by molar-refractivity contribution is 7.25. The fourth-order valence-electron chi connectivity index (χ4n) is 10.1. The number of anilines is 3. The summed E-state index contributed by atoms with van der Waals surface area (Å²) in [7, 11) is 0. The molecular formula is C55H35NS. The molecule has 12 rings (SSSR count). The lowest BCUT2D eigenvalue weighted by molar-refractivity contribution is 0.793. The number of hydrogen-bond donors (Lipinski definition) is 0. The summed E-state index contributed by atoms with van der Waals surface area (Å²) in [6.45, 7) is 0. The molecule has 9 aromatic carbocycles. The number of fused-ring (bicyclic) bond motifs is 13. The van der Waals surface area contributed by atoms with Gasteiger partial charge in [0.1, 0.15) is 0 Å². The van der Waals surface area contributed by atoms with Crippen LogP contribution >= 0.6 is 11.3 Å². The maximum absolute atomic E-state index is 2.50. The maximum atomic E-state index is 2.50. The molecule has 1 aromatic heterocycles. The van der Waals surface area contributed by atoms with E-state index >= 15 is 0 Å². The van der Waals surface area contributed by atoms with E-state index in [1.807, 2.05) is 11.3 Å². The van der Waals surface area contributed by atoms with E-state index in [9.17, 15) is 0 Å². The Morgan fingerprint density at radius 2 is 0.877 bits per heavy atom. The maximum Gasteiger partial charge on any atom is 0.0726 e. The first-order valence-electron chi connectivity index (χ1n) is 19.7. The molecule has 0 radical (unpaired) electrons. The number of benzene rings is 9. The van der Waals surface area contributed by atoms with Gasteiger partial charge < -0.3 is 4.90 Å². The molecule has 2 heteroatoms. The molecule has 0 unspecified atom stereocenters. The predicted octanol–water partition coefficient (Wildman–Crippen LogP) is 15.2. The van der Waals surface area contributed by atoms with Gasteiger partial charge >= 0.3 is 0 Å². The summed E-state index contributed by atoms with van der Waals surface area (Å²) in [5.74, 6) is 0. The highest BCUT2D eigenvalue weighted by Gasteiger charge is 2.51. The molecule has 0 N–H and O–H groups in total. The average molecular weight is 742 g/mol. The van der Waals surface area contributed by atoms with Crippen LogP contribution in [0.15, 0.2) is 212 Å². The van der Waals surface area contributed by atoms with Crippen LogP contribution in [0.25, 0.3) is 64.7 Å². The molecule has 0 saturated carbocycles. The summed E-state index contributed by atoms with van der Waals surface area (Å²) >= 11 is 1.87. The highest BCUT2D eigenvalue weighted by atomic mass is 32.1. The highest BCUT2D eigenvalue weighted by Crippen LogP contribution is 2.63. The zero-order valence-electron chi connectivity index (χ0n) is 31.1. The number of nitrogens with zero attached hydrogens (tertiary/aromatic N) is 1. The third-order valence-corrected chi connectivity index (χ3v) is 13.4. The predicted molar refractivity (Wildman–Crippen MR) is 241 cm³/mol. The Labute approximate surface area is 336 Å². The lowest BCUT2D eigenvalue weighted by Crippen LogP contribution is -2.26. The van der Waals surface area contributed by atoms with Crippen LogP contribution in [0, 0.1) is 0 Å². The molecule has 10 aromatic rings. The molecule has 57 heavy (non-hydrogen) atoms. The van der Waals surface area contributed by atoms with Crippen molar-refractivity contribution in [2.75, 3.05) is 4.90 Å². The number of para-hydroxylation sites is 1. The van der Waals surface area contributed by atoms with E-state index in [0.717, 1.165) is 17.1 Å². The minimum Gasteiger partial charge on any atom is -0.310 e. The van der Waals surface area contributed by atoms with E-state index in [-0.39, 0.29) is 0 Å². The van der Waals surface area contributed by atoms with Crippen molar-refractivity contribution >= 4 is 48.6 Å². The van der Waals surface area contributed by atoms with Gasteiger partial charge in [0.2, 0.25) is 0 Å². The second-order valence-corrected chi connectivity index (χ2v) is 16.2. The fourth-order valence-corrected chi connectivity index (χ4v) is 11.2. The van der Waals surface area contributed by atoms with E-state index in [2.05, 4.69) is 217 Å². The number of hydrogen-bond acceptors (Lipinski definition) is 2. The molecule has 0 bridgehead atoms. The molecule has 266 valence electrons. The van der Waals surface area contributed by atoms with Crippen LogP contribution in [0.2, 0.25) is 0 Å². The monoisotopic (exact) mass is 741 g/mol. The van der Waals surface area contributed by atoms with Crippen molar-refractivity contribution in [3.63, 3.8) is 0 Å². The van der Waals surface area contributed by atoms with Crippen LogP contribution in [0.1, 0.15) is 22.3 Å². The van der Waals surface area contributed by atoms with E-state index in [0.29, 0.717) is 0 Å². The third-order valence-electron chi connectivity index (χ3n) is 12.3. The zero-order chi connectivity index (χ0) is 37.5. The molecule has 0 saturated heterocycles. The Morgan fingerprint density at radius 1 is 0.351 bits per heavy atom. The largest absolute Gasteiger partial charge is 0.310 e. The summed E-state index contributed by atoms with van der Waals surface area (Å²) in [5, 5.41) is 2.60. The average Bonchev–Trinajstić information content (AvgIpc) is 3.91. The minimum atomic E-state index is -0.437. The van der Waals surface area contributed by atoms with Gasteiger partial charge in [0.05, 0.1) is 11.1 Å². The van der Waals surface area contributed by atoms with E-state index in [1.54, 1.807) is 0 Å². The summed E-state index contributed by atoms with van der Waals surface area (Å²) in [4.78, 5) is 2.50. The SMILES string of the molecule is c1ccc(-c2cccc(N(c3ccccc3)c3ccc4c(c3)C3(c5ccccc5-c5ccccc53)c3ccccc3-4)c2-c2cccc3sc4ccccc4c23)cc1. The van der Waals surface area contributed by atoms with Gasteiger partial charge in [-0.25, -0.2) is 0 Å². The summed E-state index contributed by atoms with van der Waals surface area (Å²) in [6, 6.07) is 78.8. The van der Waals surface area contributed by atoms with E-state index in [4.69, 9.17) is 0 Å². The Hall–Kier alpha value is -7.00. The Bertz CT molecular complexity index is 3130. The van der Waals surface area contributed by atoms with Gasteiger partial charge in [0.25, 0.3) is 0 Å². The number of rotatable bonds is 5.